The Morgan fingerprint density at radius 1 is 1.00 bits per heavy atom. The Bertz CT molecular complexity index is 757. The minimum absolute atomic E-state index is 0.426. The van der Waals surface area contributed by atoms with Crippen LogP contribution in [0.15, 0.2) is 47.2 Å². The van der Waals surface area contributed by atoms with Crippen LogP contribution in [0, 0.1) is 0 Å². The first-order chi connectivity index (χ1) is 11.8. The number of aromatic nitrogens is 3. The molecule has 0 fully saturated rings. The van der Waals surface area contributed by atoms with E-state index in [1.807, 2.05) is 51.1 Å². The van der Waals surface area contributed by atoms with Crippen LogP contribution in [-0.4, -0.2) is 28.8 Å². The van der Waals surface area contributed by atoms with Gasteiger partial charge in [0, 0.05) is 23.5 Å². The standard InChI is InChI=1S/C16H15N3O3.C2H6/c1-3-21-14-10-12(4-5-13(14)20-2)16-18-15(19-22-16)11-6-8-17-9-7-11;1-2/h4-10H,3H2,1-2H3;1-2H3. The van der Waals surface area contributed by atoms with E-state index in [4.69, 9.17) is 14.0 Å². The van der Waals surface area contributed by atoms with E-state index in [2.05, 4.69) is 15.1 Å². The molecular weight excluding hydrogens is 306 g/mol. The second-order valence-corrected chi connectivity index (χ2v) is 4.46. The number of rotatable bonds is 5. The zero-order valence-electron chi connectivity index (χ0n) is 14.3. The second kappa shape index (κ2) is 8.67. The lowest BCUT2D eigenvalue weighted by molar-refractivity contribution is 0.311. The van der Waals surface area contributed by atoms with Gasteiger partial charge in [0.2, 0.25) is 5.82 Å². The molecule has 0 saturated carbocycles. The topological polar surface area (TPSA) is 70.3 Å². The molecule has 2 heterocycles. The van der Waals surface area contributed by atoms with Crippen LogP contribution in [0.2, 0.25) is 0 Å². The first-order valence-electron chi connectivity index (χ1n) is 7.87. The van der Waals surface area contributed by atoms with Crippen LogP contribution in [0.1, 0.15) is 20.8 Å². The predicted octanol–water partition coefficient (Wildman–Crippen LogP) is 4.23. The van der Waals surface area contributed by atoms with E-state index in [0.717, 1.165) is 11.1 Å². The lowest BCUT2D eigenvalue weighted by Crippen LogP contribution is -1.95. The summed E-state index contributed by atoms with van der Waals surface area (Å²) in [7, 11) is 1.60. The van der Waals surface area contributed by atoms with Crippen LogP contribution in [0.4, 0.5) is 0 Å². The molecule has 0 radical (unpaired) electrons. The van der Waals surface area contributed by atoms with Gasteiger partial charge >= 0.3 is 0 Å². The highest BCUT2D eigenvalue weighted by molar-refractivity contribution is 5.62. The lowest BCUT2D eigenvalue weighted by Gasteiger charge is -2.09. The Labute approximate surface area is 141 Å². The van der Waals surface area contributed by atoms with E-state index in [-0.39, 0.29) is 0 Å². The van der Waals surface area contributed by atoms with Crippen molar-refractivity contribution >= 4 is 0 Å². The number of pyridine rings is 1. The highest BCUT2D eigenvalue weighted by Gasteiger charge is 2.13. The van der Waals surface area contributed by atoms with E-state index in [0.29, 0.717) is 29.8 Å². The molecule has 2 aromatic heterocycles. The van der Waals surface area contributed by atoms with E-state index in [1.54, 1.807) is 19.5 Å². The molecule has 0 unspecified atom stereocenters. The molecule has 3 aromatic rings. The van der Waals surface area contributed by atoms with Crippen LogP contribution in [0.25, 0.3) is 22.8 Å². The smallest absolute Gasteiger partial charge is 0.258 e. The van der Waals surface area contributed by atoms with Crippen molar-refractivity contribution in [1.29, 1.82) is 0 Å². The maximum absolute atomic E-state index is 5.56. The summed E-state index contributed by atoms with van der Waals surface area (Å²) in [6, 6.07) is 9.15. The van der Waals surface area contributed by atoms with Gasteiger partial charge in [0.15, 0.2) is 11.5 Å². The monoisotopic (exact) mass is 327 g/mol. The van der Waals surface area contributed by atoms with Crippen LogP contribution in [0.3, 0.4) is 0 Å². The summed E-state index contributed by atoms with van der Waals surface area (Å²) in [5.74, 6) is 2.26. The maximum Gasteiger partial charge on any atom is 0.258 e. The number of hydrogen-bond acceptors (Lipinski definition) is 6. The number of nitrogens with zero attached hydrogens (tertiary/aromatic N) is 3. The highest BCUT2D eigenvalue weighted by atomic mass is 16.5. The number of hydrogen-bond donors (Lipinski definition) is 0. The summed E-state index contributed by atoms with van der Waals surface area (Å²) in [4.78, 5) is 8.38. The van der Waals surface area contributed by atoms with Gasteiger partial charge in [0.25, 0.3) is 5.89 Å². The minimum Gasteiger partial charge on any atom is -0.493 e. The fourth-order valence-corrected chi connectivity index (χ4v) is 2.04. The van der Waals surface area contributed by atoms with Gasteiger partial charge in [0.1, 0.15) is 0 Å². The summed E-state index contributed by atoms with van der Waals surface area (Å²) >= 11 is 0. The average molecular weight is 327 g/mol. The molecule has 0 amide bonds. The van der Waals surface area contributed by atoms with Gasteiger partial charge in [-0.25, -0.2) is 0 Å². The molecule has 6 nitrogen and oxygen atoms in total. The van der Waals surface area contributed by atoms with Crippen molar-refractivity contribution in [3.63, 3.8) is 0 Å². The van der Waals surface area contributed by atoms with Crippen molar-refractivity contribution in [2.45, 2.75) is 20.8 Å². The first-order valence-corrected chi connectivity index (χ1v) is 7.87. The number of methoxy groups -OCH3 is 1. The van der Waals surface area contributed by atoms with Gasteiger partial charge in [-0.1, -0.05) is 19.0 Å². The van der Waals surface area contributed by atoms with Crippen molar-refractivity contribution in [2.24, 2.45) is 0 Å². The molecular formula is C18H21N3O3. The zero-order valence-corrected chi connectivity index (χ0v) is 14.3. The third-order valence-electron chi connectivity index (χ3n) is 3.07. The van der Waals surface area contributed by atoms with E-state index in [1.165, 1.54) is 0 Å². The Morgan fingerprint density at radius 2 is 1.75 bits per heavy atom. The third-order valence-corrected chi connectivity index (χ3v) is 3.07. The summed E-state index contributed by atoms with van der Waals surface area (Å²) in [6.45, 7) is 6.46. The Morgan fingerprint density at radius 3 is 2.42 bits per heavy atom. The maximum atomic E-state index is 5.56. The van der Waals surface area contributed by atoms with E-state index in [9.17, 15) is 0 Å². The van der Waals surface area contributed by atoms with Crippen molar-refractivity contribution < 1.29 is 14.0 Å². The molecule has 0 atom stereocenters. The minimum atomic E-state index is 0.426. The molecule has 0 bridgehead atoms. The molecule has 126 valence electrons. The summed E-state index contributed by atoms with van der Waals surface area (Å²) in [6.07, 6.45) is 3.37. The third kappa shape index (κ3) is 3.90. The van der Waals surface area contributed by atoms with Crippen LogP contribution < -0.4 is 9.47 Å². The second-order valence-electron chi connectivity index (χ2n) is 4.46. The number of ether oxygens (including phenoxy) is 2. The van der Waals surface area contributed by atoms with Gasteiger partial charge < -0.3 is 14.0 Å². The summed E-state index contributed by atoms with van der Waals surface area (Å²) < 4.78 is 16.2. The molecule has 0 aliphatic rings. The summed E-state index contributed by atoms with van der Waals surface area (Å²) in [5.41, 5.74) is 1.63. The lowest BCUT2D eigenvalue weighted by atomic mass is 10.2. The molecule has 1 aromatic carbocycles. The predicted molar refractivity (Wildman–Crippen MR) is 92.0 cm³/mol. The molecule has 0 N–H and O–H groups in total. The Hall–Kier alpha value is -2.89. The first kappa shape index (κ1) is 17.5. The fourth-order valence-electron chi connectivity index (χ4n) is 2.04. The molecule has 0 aliphatic carbocycles. The van der Waals surface area contributed by atoms with Crippen molar-refractivity contribution in [3.8, 4) is 34.3 Å². The largest absolute Gasteiger partial charge is 0.493 e. The van der Waals surface area contributed by atoms with E-state index >= 15 is 0 Å². The Balaban J connectivity index is 0.00000100. The fraction of sp³-hybridized carbons (Fsp3) is 0.278. The van der Waals surface area contributed by atoms with Gasteiger partial charge in [-0.3, -0.25) is 4.98 Å². The van der Waals surface area contributed by atoms with Gasteiger partial charge in [-0.05, 0) is 37.3 Å². The SMILES string of the molecule is CC.CCOc1cc(-c2nc(-c3ccncc3)no2)ccc1OC. The average Bonchev–Trinajstić information content (AvgIpc) is 3.14. The molecule has 0 aliphatic heterocycles. The molecule has 6 heteroatoms. The summed E-state index contributed by atoms with van der Waals surface area (Å²) in [5, 5.41) is 4.00. The number of benzene rings is 1. The molecule has 24 heavy (non-hydrogen) atoms. The van der Waals surface area contributed by atoms with Crippen LogP contribution in [0.5, 0.6) is 11.5 Å². The quantitative estimate of drug-likeness (QED) is 0.698. The normalized spacial score (nSPS) is 9.83. The highest BCUT2D eigenvalue weighted by Crippen LogP contribution is 2.32. The molecule has 3 rings (SSSR count). The molecule has 0 saturated heterocycles. The van der Waals surface area contributed by atoms with Gasteiger partial charge in [-0.15, -0.1) is 0 Å². The van der Waals surface area contributed by atoms with Crippen LogP contribution in [-0.2, 0) is 0 Å². The molecule has 0 spiro atoms. The van der Waals surface area contributed by atoms with Crippen molar-refractivity contribution in [2.75, 3.05) is 13.7 Å². The van der Waals surface area contributed by atoms with Gasteiger partial charge in [-0.2, -0.15) is 4.98 Å². The van der Waals surface area contributed by atoms with Crippen molar-refractivity contribution in [3.05, 3.63) is 42.7 Å². The van der Waals surface area contributed by atoms with E-state index < -0.39 is 0 Å². The van der Waals surface area contributed by atoms with Crippen LogP contribution >= 0.6 is 0 Å². The van der Waals surface area contributed by atoms with Crippen molar-refractivity contribution in [1.82, 2.24) is 15.1 Å². The zero-order chi connectivity index (χ0) is 17.4. The van der Waals surface area contributed by atoms with Gasteiger partial charge in [0.05, 0.1) is 13.7 Å². The Kier molecular flexibility index (Phi) is 6.31.